The maximum atomic E-state index is 13.2. The molecule has 0 N–H and O–H groups in total. The molecule has 1 aliphatic heterocycles. The van der Waals surface area contributed by atoms with E-state index >= 15 is 0 Å². The van der Waals surface area contributed by atoms with Crippen LogP contribution in [0.1, 0.15) is 20.3 Å². The van der Waals surface area contributed by atoms with Crippen molar-refractivity contribution in [1.82, 2.24) is 14.5 Å². The highest BCUT2D eigenvalue weighted by atomic mass is 35.5. The Morgan fingerprint density at radius 3 is 2.69 bits per heavy atom. The molecule has 29 heavy (non-hydrogen) atoms. The number of thioether (sulfide) groups is 1. The Morgan fingerprint density at radius 2 is 1.97 bits per heavy atom. The summed E-state index contributed by atoms with van der Waals surface area (Å²) in [6.07, 6.45) is 1.15. The molecule has 1 fully saturated rings. The minimum absolute atomic E-state index is 0.0822. The van der Waals surface area contributed by atoms with Gasteiger partial charge in [0.15, 0.2) is 5.16 Å². The molecule has 1 aliphatic rings. The van der Waals surface area contributed by atoms with Crippen molar-refractivity contribution in [3.8, 4) is 5.69 Å². The number of benzene rings is 1. The Bertz CT molecular complexity index is 1100. The van der Waals surface area contributed by atoms with Crippen molar-refractivity contribution in [2.24, 2.45) is 11.8 Å². The number of carbonyl (C=O) groups excluding carboxylic acids is 1. The predicted molar refractivity (Wildman–Crippen MR) is 120 cm³/mol. The number of halogens is 1. The quantitative estimate of drug-likeness (QED) is 0.429. The fraction of sp³-hybridized carbons (Fsp3) is 0.381. The van der Waals surface area contributed by atoms with Gasteiger partial charge in [0.2, 0.25) is 5.91 Å². The molecule has 4 rings (SSSR count). The zero-order valence-corrected chi connectivity index (χ0v) is 18.7. The van der Waals surface area contributed by atoms with Crippen molar-refractivity contribution in [3.63, 3.8) is 0 Å². The number of nitrogens with zero attached hydrogens (tertiary/aromatic N) is 3. The first kappa shape index (κ1) is 20.4. The number of likely N-dealkylation sites (tertiary alicyclic amines) is 1. The number of amides is 1. The van der Waals surface area contributed by atoms with Crippen LogP contribution < -0.4 is 5.56 Å². The van der Waals surface area contributed by atoms with Crippen LogP contribution in [0.25, 0.3) is 15.9 Å². The second kappa shape index (κ2) is 8.50. The minimum Gasteiger partial charge on any atom is -0.341 e. The number of para-hydroxylation sites is 1. The fourth-order valence-corrected chi connectivity index (χ4v) is 5.81. The first-order valence-electron chi connectivity index (χ1n) is 9.59. The van der Waals surface area contributed by atoms with Gasteiger partial charge in [-0.1, -0.05) is 49.3 Å². The average molecular weight is 448 g/mol. The maximum absolute atomic E-state index is 13.2. The van der Waals surface area contributed by atoms with Gasteiger partial charge >= 0.3 is 0 Å². The standard InChI is InChI=1S/C21H22ClN3O2S2/c1-13-9-14(2)11-24(10-13)18(26)12-29-21-23-16-7-8-28-19(16)20(27)25(21)17-6-4-3-5-15(17)22/h3-8,13-14H,9-12H2,1-2H3/t13-,14-/m0/s1. The SMILES string of the molecule is C[C@H]1C[C@H](C)CN(C(=O)CSc2nc3ccsc3c(=O)n2-c2ccccc2Cl)C1. The van der Waals surface area contributed by atoms with Crippen molar-refractivity contribution in [1.29, 1.82) is 0 Å². The fourth-order valence-electron chi connectivity index (χ4n) is 3.92. The topological polar surface area (TPSA) is 55.2 Å². The summed E-state index contributed by atoms with van der Waals surface area (Å²) < 4.78 is 2.11. The molecule has 0 bridgehead atoms. The van der Waals surface area contributed by atoms with Crippen molar-refractivity contribution in [3.05, 3.63) is 51.1 Å². The summed E-state index contributed by atoms with van der Waals surface area (Å²) in [5, 5.41) is 2.81. The molecule has 152 valence electrons. The maximum Gasteiger partial charge on any atom is 0.276 e. The van der Waals surface area contributed by atoms with Gasteiger partial charge in [-0.25, -0.2) is 4.98 Å². The Labute approximate surface area is 182 Å². The van der Waals surface area contributed by atoms with E-state index in [2.05, 4.69) is 18.8 Å². The van der Waals surface area contributed by atoms with Gasteiger partial charge in [0.1, 0.15) is 4.70 Å². The molecular formula is C21H22ClN3O2S2. The van der Waals surface area contributed by atoms with Gasteiger partial charge in [0.25, 0.3) is 5.56 Å². The minimum atomic E-state index is -0.159. The smallest absolute Gasteiger partial charge is 0.276 e. The van der Waals surface area contributed by atoms with Gasteiger partial charge in [0, 0.05) is 13.1 Å². The molecule has 3 heterocycles. The zero-order valence-electron chi connectivity index (χ0n) is 16.3. The monoisotopic (exact) mass is 447 g/mol. The molecule has 2 aromatic heterocycles. The number of hydrogen-bond donors (Lipinski definition) is 0. The highest BCUT2D eigenvalue weighted by Crippen LogP contribution is 2.28. The summed E-state index contributed by atoms with van der Waals surface area (Å²) in [6.45, 7) is 5.95. The molecule has 0 saturated carbocycles. The van der Waals surface area contributed by atoms with E-state index in [-0.39, 0.29) is 17.2 Å². The lowest BCUT2D eigenvalue weighted by molar-refractivity contribution is -0.130. The van der Waals surface area contributed by atoms with Gasteiger partial charge in [-0.2, -0.15) is 0 Å². The molecule has 0 radical (unpaired) electrons. The Kier molecular flexibility index (Phi) is 5.99. The predicted octanol–water partition coefficient (Wildman–Crippen LogP) is 4.70. The van der Waals surface area contributed by atoms with E-state index < -0.39 is 0 Å². The van der Waals surface area contributed by atoms with Gasteiger partial charge in [-0.05, 0) is 41.8 Å². The van der Waals surface area contributed by atoms with Crippen LogP contribution in [0.5, 0.6) is 0 Å². The Balaban J connectivity index is 1.66. The third-order valence-electron chi connectivity index (χ3n) is 5.09. The van der Waals surface area contributed by atoms with E-state index in [4.69, 9.17) is 11.6 Å². The Morgan fingerprint density at radius 1 is 1.24 bits per heavy atom. The molecule has 0 unspecified atom stereocenters. The molecule has 1 aromatic carbocycles. The summed E-state index contributed by atoms with van der Waals surface area (Å²) in [5.74, 6) is 1.34. The first-order valence-corrected chi connectivity index (χ1v) is 11.8. The van der Waals surface area contributed by atoms with E-state index in [1.165, 1.54) is 27.7 Å². The molecule has 0 aliphatic carbocycles. The second-order valence-corrected chi connectivity index (χ2v) is 9.92. The van der Waals surface area contributed by atoms with Gasteiger partial charge in [0.05, 0.1) is 22.0 Å². The molecule has 0 spiro atoms. The molecule has 1 saturated heterocycles. The number of aromatic nitrogens is 2. The Hall–Kier alpha value is -1.83. The number of rotatable bonds is 4. The lowest BCUT2D eigenvalue weighted by Gasteiger charge is -2.35. The highest BCUT2D eigenvalue weighted by molar-refractivity contribution is 7.99. The van der Waals surface area contributed by atoms with Gasteiger partial charge < -0.3 is 4.90 Å². The molecule has 5 nitrogen and oxygen atoms in total. The van der Waals surface area contributed by atoms with Crippen LogP contribution in [-0.2, 0) is 4.79 Å². The summed E-state index contributed by atoms with van der Waals surface area (Å²) in [6, 6.07) is 9.03. The first-order chi connectivity index (χ1) is 13.9. The zero-order chi connectivity index (χ0) is 20.5. The number of piperidine rings is 1. The third-order valence-corrected chi connectivity index (χ3v) is 7.22. The van der Waals surface area contributed by atoms with Crippen LogP contribution in [0.4, 0.5) is 0 Å². The summed E-state index contributed by atoms with van der Waals surface area (Å²) in [7, 11) is 0. The van der Waals surface area contributed by atoms with Gasteiger partial charge in [-0.15, -0.1) is 11.3 Å². The molecule has 2 atom stereocenters. The molecule has 8 heteroatoms. The van der Waals surface area contributed by atoms with Crippen LogP contribution >= 0.6 is 34.7 Å². The van der Waals surface area contributed by atoms with E-state index in [0.29, 0.717) is 37.9 Å². The third kappa shape index (κ3) is 4.22. The van der Waals surface area contributed by atoms with E-state index in [1.807, 2.05) is 28.5 Å². The lowest BCUT2D eigenvalue weighted by atomic mass is 9.92. The average Bonchev–Trinajstić information content (AvgIpc) is 3.15. The molecule has 3 aromatic rings. The van der Waals surface area contributed by atoms with Crippen molar-refractivity contribution in [2.45, 2.75) is 25.4 Å². The summed E-state index contributed by atoms with van der Waals surface area (Å²) in [4.78, 5) is 32.6. The number of fused-ring (bicyclic) bond motifs is 1. The number of carbonyl (C=O) groups is 1. The molecule has 1 amide bonds. The van der Waals surface area contributed by atoms with Crippen LogP contribution in [-0.4, -0.2) is 39.2 Å². The van der Waals surface area contributed by atoms with E-state index in [0.717, 1.165) is 19.5 Å². The van der Waals surface area contributed by atoms with Crippen molar-refractivity contribution < 1.29 is 4.79 Å². The van der Waals surface area contributed by atoms with Crippen molar-refractivity contribution in [2.75, 3.05) is 18.8 Å². The highest BCUT2D eigenvalue weighted by Gasteiger charge is 2.26. The van der Waals surface area contributed by atoms with E-state index in [9.17, 15) is 9.59 Å². The van der Waals surface area contributed by atoms with Crippen LogP contribution in [0.2, 0.25) is 5.02 Å². The van der Waals surface area contributed by atoms with Crippen LogP contribution in [0, 0.1) is 11.8 Å². The summed E-state index contributed by atoms with van der Waals surface area (Å²) >= 11 is 9.03. The van der Waals surface area contributed by atoms with Gasteiger partial charge in [-0.3, -0.25) is 14.2 Å². The number of thiophene rings is 1. The second-order valence-electron chi connectivity index (χ2n) is 7.65. The van der Waals surface area contributed by atoms with E-state index in [1.54, 1.807) is 12.1 Å². The van der Waals surface area contributed by atoms with Crippen molar-refractivity contribution >= 4 is 50.8 Å². The van der Waals surface area contributed by atoms with Crippen LogP contribution in [0.3, 0.4) is 0 Å². The van der Waals surface area contributed by atoms with Crippen LogP contribution in [0.15, 0.2) is 45.7 Å². The number of hydrogen-bond acceptors (Lipinski definition) is 5. The normalized spacial score (nSPS) is 19.6. The molecular weight excluding hydrogens is 426 g/mol. The lowest BCUT2D eigenvalue weighted by Crippen LogP contribution is -2.43. The summed E-state index contributed by atoms with van der Waals surface area (Å²) in [5.41, 5.74) is 1.07. The largest absolute Gasteiger partial charge is 0.341 e.